The Hall–Kier alpha value is -1.03. The quantitative estimate of drug-likeness (QED) is 0.780. The Morgan fingerprint density at radius 2 is 1.82 bits per heavy atom. The number of ether oxygens (including phenoxy) is 1. The molecule has 0 unspecified atom stereocenters. The fraction of sp³-hybridized carbons (Fsp3) is 0.0909. The minimum Gasteiger partial charge on any atom is -0.495 e. The molecule has 0 aromatic carbocycles. The molecular weight excluding hydrogens is 282 g/mol. The smallest absolute Gasteiger partial charge is 0.148 e. The Bertz CT molecular complexity index is 560. The van der Waals surface area contributed by atoms with E-state index in [1.54, 1.807) is 31.6 Å². The van der Waals surface area contributed by atoms with Gasteiger partial charge in [0.25, 0.3) is 0 Å². The first kappa shape index (κ1) is 12.4. The number of rotatable bonds is 2. The third-order valence-electron chi connectivity index (χ3n) is 2.11. The van der Waals surface area contributed by atoms with Crippen LogP contribution in [0.15, 0.2) is 24.5 Å². The molecule has 0 bridgehead atoms. The molecule has 3 nitrogen and oxygen atoms in total. The highest BCUT2D eigenvalue weighted by molar-refractivity contribution is 6.42. The second kappa shape index (κ2) is 5.08. The summed E-state index contributed by atoms with van der Waals surface area (Å²) in [7, 11) is 1.56. The number of halogens is 3. The third-order valence-corrected chi connectivity index (χ3v) is 3.07. The molecule has 0 fully saturated rings. The van der Waals surface area contributed by atoms with Crippen LogP contribution >= 0.6 is 34.8 Å². The molecule has 2 rings (SSSR count). The minimum atomic E-state index is 0.203. The van der Waals surface area contributed by atoms with E-state index in [0.717, 1.165) is 0 Å². The first-order valence-electron chi connectivity index (χ1n) is 4.62. The fourth-order valence-corrected chi connectivity index (χ4v) is 1.91. The van der Waals surface area contributed by atoms with Crippen molar-refractivity contribution in [3.05, 3.63) is 39.7 Å². The number of methoxy groups -OCH3 is 1. The molecule has 2 aromatic heterocycles. The molecule has 88 valence electrons. The van der Waals surface area contributed by atoms with Crippen LogP contribution in [0.3, 0.4) is 0 Å². The molecule has 0 aliphatic rings. The predicted octanol–water partition coefficient (Wildman–Crippen LogP) is 4.11. The van der Waals surface area contributed by atoms with E-state index in [4.69, 9.17) is 39.5 Å². The summed E-state index contributed by atoms with van der Waals surface area (Å²) in [5, 5.41) is 0.930. The second-order valence-corrected chi connectivity index (χ2v) is 4.38. The zero-order valence-corrected chi connectivity index (χ0v) is 11.0. The molecule has 0 amide bonds. The first-order chi connectivity index (χ1) is 8.11. The van der Waals surface area contributed by atoms with Gasteiger partial charge in [0.15, 0.2) is 0 Å². The summed E-state index contributed by atoms with van der Waals surface area (Å²) < 4.78 is 5.08. The Labute approximate surface area is 113 Å². The van der Waals surface area contributed by atoms with Crippen LogP contribution in [-0.4, -0.2) is 17.1 Å². The van der Waals surface area contributed by atoms with Crippen molar-refractivity contribution in [1.29, 1.82) is 0 Å². The number of pyridine rings is 2. The summed E-state index contributed by atoms with van der Waals surface area (Å²) in [5.41, 5.74) is 1.24. The highest BCUT2D eigenvalue weighted by atomic mass is 35.5. The van der Waals surface area contributed by atoms with Gasteiger partial charge >= 0.3 is 0 Å². The number of aromatic nitrogens is 2. The van der Waals surface area contributed by atoms with Crippen molar-refractivity contribution in [3.63, 3.8) is 0 Å². The molecule has 0 N–H and O–H groups in total. The standard InChI is InChI=1S/C11H7Cl3N2O/c1-17-7-2-6(4-15-5-7)10-8(12)3-9(13)11(14)16-10/h2-5H,1H3. The van der Waals surface area contributed by atoms with Gasteiger partial charge in [-0.05, 0) is 12.1 Å². The largest absolute Gasteiger partial charge is 0.495 e. The normalized spacial score (nSPS) is 10.4. The van der Waals surface area contributed by atoms with Crippen LogP contribution in [-0.2, 0) is 0 Å². The molecule has 0 aliphatic carbocycles. The van der Waals surface area contributed by atoms with Gasteiger partial charge in [-0.3, -0.25) is 4.98 Å². The Kier molecular flexibility index (Phi) is 3.72. The lowest BCUT2D eigenvalue weighted by Crippen LogP contribution is -1.90. The van der Waals surface area contributed by atoms with Crippen LogP contribution in [0.25, 0.3) is 11.3 Å². The lowest BCUT2D eigenvalue weighted by molar-refractivity contribution is 0.413. The molecule has 17 heavy (non-hydrogen) atoms. The van der Waals surface area contributed by atoms with Crippen molar-refractivity contribution in [2.24, 2.45) is 0 Å². The van der Waals surface area contributed by atoms with E-state index >= 15 is 0 Å². The summed E-state index contributed by atoms with van der Waals surface area (Å²) in [4.78, 5) is 8.15. The topological polar surface area (TPSA) is 35.0 Å². The molecule has 6 heteroatoms. The van der Waals surface area contributed by atoms with Gasteiger partial charge in [0, 0.05) is 11.8 Å². The lowest BCUT2D eigenvalue weighted by Gasteiger charge is -2.06. The Morgan fingerprint density at radius 1 is 1.06 bits per heavy atom. The molecule has 0 saturated carbocycles. The van der Waals surface area contributed by atoms with E-state index in [0.29, 0.717) is 27.1 Å². The van der Waals surface area contributed by atoms with Crippen molar-refractivity contribution in [1.82, 2.24) is 9.97 Å². The third kappa shape index (κ3) is 2.63. The van der Waals surface area contributed by atoms with Crippen molar-refractivity contribution >= 4 is 34.8 Å². The van der Waals surface area contributed by atoms with Crippen LogP contribution in [0.2, 0.25) is 15.2 Å². The first-order valence-corrected chi connectivity index (χ1v) is 5.76. The van der Waals surface area contributed by atoms with E-state index in [2.05, 4.69) is 9.97 Å². The number of nitrogens with zero attached hydrogens (tertiary/aromatic N) is 2. The molecule has 0 saturated heterocycles. The molecule has 0 radical (unpaired) electrons. The van der Waals surface area contributed by atoms with Crippen LogP contribution in [0.1, 0.15) is 0 Å². The summed E-state index contributed by atoms with van der Waals surface area (Å²) >= 11 is 17.7. The summed E-state index contributed by atoms with van der Waals surface area (Å²) in [6.45, 7) is 0. The van der Waals surface area contributed by atoms with Crippen molar-refractivity contribution in [2.45, 2.75) is 0 Å². The highest BCUT2D eigenvalue weighted by Crippen LogP contribution is 2.32. The Morgan fingerprint density at radius 3 is 2.53 bits per heavy atom. The maximum Gasteiger partial charge on any atom is 0.148 e. The van der Waals surface area contributed by atoms with E-state index in [1.165, 1.54) is 0 Å². The van der Waals surface area contributed by atoms with E-state index in [1.807, 2.05) is 0 Å². The van der Waals surface area contributed by atoms with Gasteiger partial charge in [0.05, 0.1) is 29.0 Å². The van der Waals surface area contributed by atoms with Gasteiger partial charge in [-0.15, -0.1) is 0 Å². The van der Waals surface area contributed by atoms with E-state index in [-0.39, 0.29) is 5.15 Å². The summed E-state index contributed by atoms with van der Waals surface area (Å²) in [5.74, 6) is 0.617. The van der Waals surface area contributed by atoms with Crippen LogP contribution in [0, 0.1) is 0 Å². The van der Waals surface area contributed by atoms with Crippen molar-refractivity contribution in [2.75, 3.05) is 7.11 Å². The lowest BCUT2D eigenvalue weighted by atomic mass is 10.2. The van der Waals surface area contributed by atoms with Gasteiger partial charge in [-0.1, -0.05) is 34.8 Å². The molecule has 0 spiro atoms. The van der Waals surface area contributed by atoms with Gasteiger partial charge in [-0.2, -0.15) is 0 Å². The average molecular weight is 290 g/mol. The predicted molar refractivity (Wildman–Crippen MR) is 69.1 cm³/mol. The Balaban J connectivity index is 2.56. The van der Waals surface area contributed by atoms with Crippen molar-refractivity contribution < 1.29 is 4.74 Å². The number of hydrogen-bond acceptors (Lipinski definition) is 3. The average Bonchev–Trinajstić information content (AvgIpc) is 2.34. The van der Waals surface area contributed by atoms with Crippen LogP contribution in [0.4, 0.5) is 0 Å². The van der Waals surface area contributed by atoms with Gasteiger partial charge < -0.3 is 4.74 Å². The fourth-order valence-electron chi connectivity index (χ4n) is 1.31. The summed E-state index contributed by atoms with van der Waals surface area (Å²) in [6.07, 6.45) is 3.22. The number of hydrogen-bond donors (Lipinski definition) is 0. The second-order valence-electron chi connectivity index (χ2n) is 3.20. The molecule has 2 heterocycles. The van der Waals surface area contributed by atoms with Crippen LogP contribution < -0.4 is 4.74 Å². The van der Waals surface area contributed by atoms with Gasteiger partial charge in [-0.25, -0.2) is 4.98 Å². The van der Waals surface area contributed by atoms with E-state index in [9.17, 15) is 0 Å². The maximum atomic E-state index is 6.06. The van der Waals surface area contributed by atoms with Gasteiger partial charge in [0.1, 0.15) is 10.9 Å². The minimum absolute atomic E-state index is 0.203. The maximum absolute atomic E-state index is 6.06. The SMILES string of the molecule is COc1cncc(-c2nc(Cl)c(Cl)cc2Cl)c1. The van der Waals surface area contributed by atoms with Crippen molar-refractivity contribution in [3.8, 4) is 17.0 Å². The zero-order chi connectivity index (χ0) is 12.4. The highest BCUT2D eigenvalue weighted by Gasteiger charge is 2.10. The molecule has 0 aliphatic heterocycles. The van der Waals surface area contributed by atoms with E-state index < -0.39 is 0 Å². The van der Waals surface area contributed by atoms with Crippen LogP contribution in [0.5, 0.6) is 5.75 Å². The zero-order valence-electron chi connectivity index (χ0n) is 8.75. The monoisotopic (exact) mass is 288 g/mol. The summed E-state index contributed by atoms with van der Waals surface area (Å²) in [6, 6.07) is 3.32. The van der Waals surface area contributed by atoms with Gasteiger partial charge in [0.2, 0.25) is 0 Å². The molecular formula is C11H7Cl3N2O. The molecule has 0 atom stereocenters. The molecule has 2 aromatic rings.